The molecule has 0 radical (unpaired) electrons. The molecule has 0 aromatic heterocycles. The molecule has 1 aromatic carbocycles. The molecule has 156 valence electrons. The van der Waals surface area contributed by atoms with Crippen LogP contribution in [-0.2, 0) is 19.8 Å². The zero-order valence-corrected chi connectivity index (χ0v) is 18.0. The zero-order valence-electron chi connectivity index (χ0n) is 17.2. The van der Waals surface area contributed by atoms with E-state index in [1.54, 1.807) is 29.2 Å². The van der Waals surface area contributed by atoms with Gasteiger partial charge in [-0.15, -0.1) is 0 Å². The second kappa shape index (κ2) is 8.70. The van der Waals surface area contributed by atoms with E-state index in [-0.39, 0.29) is 36.6 Å². The van der Waals surface area contributed by atoms with Gasteiger partial charge in [0.25, 0.3) is 0 Å². The maximum absolute atomic E-state index is 13.7. The molecule has 5 nitrogen and oxygen atoms in total. The van der Waals surface area contributed by atoms with E-state index in [2.05, 4.69) is 6.58 Å². The van der Waals surface area contributed by atoms with Gasteiger partial charge in [-0.1, -0.05) is 54.8 Å². The van der Waals surface area contributed by atoms with Crippen LogP contribution in [0.2, 0.25) is 5.02 Å². The lowest BCUT2D eigenvalue weighted by Crippen LogP contribution is -2.46. The van der Waals surface area contributed by atoms with Gasteiger partial charge in [0.15, 0.2) is 0 Å². The predicted molar refractivity (Wildman–Crippen MR) is 114 cm³/mol. The topological polar surface area (TPSA) is 57.7 Å². The highest BCUT2D eigenvalue weighted by Gasteiger charge is 2.56. The maximum Gasteiger partial charge on any atom is 0.241 e. The molecule has 0 bridgehead atoms. The van der Waals surface area contributed by atoms with E-state index in [1.807, 2.05) is 13.8 Å². The molecule has 1 heterocycles. The number of amides is 3. The maximum atomic E-state index is 13.7. The first-order valence-electron chi connectivity index (χ1n) is 10.3. The van der Waals surface area contributed by atoms with Gasteiger partial charge >= 0.3 is 0 Å². The summed E-state index contributed by atoms with van der Waals surface area (Å²) in [5, 5.41) is 0.415. The lowest BCUT2D eigenvalue weighted by Gasteiger charge is -2.32. The summed E-state index contributed by atoms with van der Waals surface area (Å²) in [4.78, 5) is 43.0. The van der Waals surface area contributed by atoms with E-state index in [0.29, 0.717) is 23.7 Å². The first kappa shape index (κ1) is 21.6. The summed E-state index contributed by atoms with van der Waals surface area (Å²) in [5.74, 6) is -0.635. The molecular formula is C23H29ClN2O3. The number of rotatable bonds is 7. The molecule has 2 fully saturated rings. The van der Waals surface area contributed by atoms with E-state index < -0.39 is 5.41 Å². The minimum atomic E-state index is -1.24. The van der Waals surface area contributed by atoms with Crippen LogP contribution in [0.25, 0.3) is 0 Å². The number of benzene rings is 1. The predicted octanol–water partition coefficient (Wildman–Crippen LogP) is 4.09. The van der Waals surface area contributed by atoms with E-state index in [1.165, 1.54) is 4.90 Å². The van der Waals surface area contributed by atoms with Gasteiger partial charge in [0.05, 0.1) is 5.41 Å². The molecule has 3 rings (SSSR count). The quantitative estimate of drug-likeness (QED) is 0.496. The number of likely N-dealkylation sites (tertiary alicyclic amines) is 1. The van der Waals surface area contributed by atoms with Crippen LogP contribution in [0.5, 0.6) is 0 Å². The average Bonchev–Trinajstić information content (AvgIpc) is 3.27. The summed E-state index contributed by atoms with van der Waals surface area (Å²) in [5.41, 5.74) is 0.200. The van der Waals surface area contributed by atoms with Crippen molar-refractivity contribution in [3.63, 3.8) is 0 Å². The van der Waals surface area contributed by atoms with Gasteiger partial charge in [-0.3, -0.25) is 19.3 Å². The smallest absolute Gasteiger partial charge is 0.241 e. The number of hydrogen-bond acceptors (Lipinski definition) is 3. The van der Waals surface area contributed by atoms with Crippen molar-refractivity contribution in [1.29, 1.82) is 0 Å². The molecule has 0 unspecified atom stereocenters. The molecular weight excluding hydrogens is 388 g/mol. The highest BCUT2D eigenvalue weighted by Crippen LogP contribution is 2.45. The molecule has 1 saturated heterocycles. The number of nitrogens with zero attached hydrogens (tertiary/aromatic N) is 2. The van der Waals surface area contributed by atoms with Crippen LogP contribution in [0.1, 0.15) is 57.9 Å². The lowest BCUT2D eigenvalue weighted by molar-refractivity contribution is -0.144. The van der Waals surface area contributed by atoms with Gasteiger partial charge in [0.2, 0.25) is 17.7 Å². The summed E-state index contributed by atoms with van der Waals surface area (Å²) in [6.45, 7) is 8.60. The Hall–Kier alpha value is -2.14. The third kappa shape index (κ3) is 4.11. The van der Waals surface area contributed by atoms with Crippen LogP contribution < -0.4 is 0 Å². The third-order valence-electron chi connectivity index (χ3n) is 6.08. The minimum absolute atomic E-state index is 0.0115. The normalized spacial score (nSPS) is 22.4. The van der Waals surface area contributed by atoms with E-state index in [9.17, 15) is 14.4 Å². The second-order valence-electron chi connectivity index (χ2n) is 8.29. The fraction of sp³-hybridized carbons (Fsp3) is 0.522. The largest absolute Gasteiger partial charge is 0.339 e. The van der Waals surface area contributed by atoms with Crippen molar-refractivity contribution >= 4 is 29.3 Å². The Morgan fingerprint density at radius 3 is 2.52 bits per heavy atom. The molecule has 2 aliphatic rings. The van der Waals surface area contributed by atoms with Crippen LogP contribution in [0.3, 0.4) is 0 Å². The van der Waals surface area contributed by atoms with Crippen molar-refractivity contribution in [2.75, 3.05) is 13.1 Å². The van der Waals surface area contributed by atoms with Gasteiger partial charge in [-0.25, -0.2) is 0 Å². The van der Waals surface area contributed by atoms with Crippen LogP contribution in [-0.4, -0.2) is 46.7 Å². The van der Waals surface area contributed by atoms with Gasteiger partial charge in [0, 0.05) is 37.0 Å². The van der Waals surface area contributed by atoms with Gasteiger partial charge < -0.3 is 4.90 Å². The molecule has 6 heteroatoms. The monoisotopic (exact) mass is 416 g/mol. The molecule has 1 saturated carbocycles. The Labute approximate surface area is 177 Å². The van der Waals surface area contributed by atoms with Crippen LogP contribution in [0.4, 0.5) is 0 Å². The summed E-state index contributed by atoms with van der Waals surface area (Å²) in [7, 11) is 0. The van der Waals surface area contributed by atoms with Crippen molar-refractivity contribution in [3.05, 3.63) is 47.0 Å². The van der Waals surface area contributed by atoms with Gasteiger partial charge in [0.1, 0.15) is 0 Å². The summed E-state index contributed by atoms with van der Waals surface area (Å²) in [6, 6.07) is 7.01. The van der Waals surface area contributed by atoms with Crippen molar-refractivity contribution < 1.29 is 14.4 Å². The number of imide groups is 1. The Balaban J connectivity index is 2.01. The number of hydrogen-bond donors (Lipinski definition) is 0. The molecule has 0 N–H and O–H groups in total. The minimum Gasteiger partial charge on any atom is -0.339 e. The highest BCUT2D eigenvalue weighted by molar-refractivity contribution is 6.32. The first-order valence-corrected chi connectivity index (χ1v) is 10.7. The van der Waals surface area contributed by atoms with Crippen LogP contribution >= 0.6 is 11.6 Å². The SMILES string of the molecule is C=C(C)CN(CC)C(=O)C[C@]1(c2ccccc2Cl)CC(=O)N(C2CCCC2)C1=O. The standard InChI is InChI=1S/C23H29ClN2O3/c1-4-25(15-16(2)3)20(27)13-23(18-11-7-8-12-19(18)24)14-21(28)26(22(23)29)17-9-5-6-10-17/h7-8,11-12,17H,2,4-6,9-10,13-15H2,1,3H3/t23-/m1/s1. The van der Waals surface area contributed by atoms with Crippen LogP contribution in [0.15, 0.2) is 36.4 Å². The number of likely N-dealkylation sites (N-methyl/N-ethyl adjacent to an activating group) is 1. The van der Waals surface area contributed by atoms with E-state index in [4.69, 9.17) is 11.6 Å². The Bertz CT molecular complexity index is 831. The van der Waals surface area contributed by atoms with Crippen LogP contribution in [0, 0.1) is 0 Å². The van der Waals surface area contributed by atoms with Crippen molar-refractivity contribution in [3.8, 4) is 0 Å². The molecule has 1 aromatic rings. The number of halogens is 1. The molecule has 3 amide bonds. The highest BCUT2D eigenvalue weighted by atomic mass is 35.5. The Morgan fingerprint density at radius 1 is 1.28 bits per heavy atom. The van der Waals surface area contributed by atoms with Crippen molar-refractivity contribution in [2.24, 2.45) is 0 Å². The number of carbonyl (C=O) groups excluding carboxylic acids is 3. The fourth-order valence-electron chi connectivity index (χ4n) is 4.66. The number of carbonyl (C=O) groups is 3. The van der Waals surface area contributed by atoms with Crippen molar-refractivity contribution in [2.45, 2.75) is 63.8 Å². The lowest BCUT2D eigenvalue weighted by atomic mass is 9.75. The zero-order chi connectivity index (χ0) is 21.2. The third-order valence-corrected chi connectivity index (χ3v) is 6.41. The Kier molecular flexibility index (Phi) is 6.47. The molecule has 1 aliphatic heterocycles. The molecule has 1 aliphatic carbocycles. The van der Waals surface area contributed by atoms with Gasteiger partial charge in [-0.2, -0.15) is 0 Å². The fourth-order valence-corrected chi connectivity index (χ4v) is 4.98. The average molecular weight is 417 g/mol. The van der Waals surface area contributed by atoms with E-state index >= 15 is 0 Å². The van der Waals surface area contributed by atoms with Crippen molar-refractivity contribution in [1.82, 2.24) is 9.80 Å². The summed E-state index contributed by atoms with van der Waals surface area (Å²) < 4.78 is 0. The summed E-state index contributed by atoms with van der Waals surface area (Å²) in [6.07, 6.45) is 3.62. The second-order valence-corrected chi connectivity index (χ2v) is 8.69. The molecule has 0 spiro atoms. The summed E-state index contributed by atoms with van der Waals surface area (Å²) >= 11 is 6.47. The van der Waals surface area contributed by atoms with Gasteiger partial charge in [-0.05, 0) is 38.3 Å². The van der Waals surface area contributed by atoms with E-state index in [0.717, 1.165) is 31.3 Å². The Morgan fingerprint density at radius 2 is 1.93 bits per heavy atom. The molecule has 29 heavy (non-hydrogen) atoms. The first-order chi connectivity index (χ1) is 13.8. The molecule has 1 atom stereocenters.